The van der Waals surface area contributed by atoms with Crippen molar-refractivity contribution in [2.45, 2.75) is 32.7 Å². The largest absolute Gasteiger partial charge is 0.324 e. The standard InChI is InChI=1S/C18H16ClFN4O2S/c1-9-2-4-11-14(6-9)27-17-16(11)18(26)24(23-22-17)8-15(25)21-10-3-5-13(20)12(19)7-10/h3,5,7,9H,2,4,6,8H2,1H3,(H,21,25)/t9-/m1/s1. The molecule has 1 amide bonds. The molecule has 0 fully saturated rings. The SMILES string of the molecule is C[C@@H]1CCc2c(sc3nnn(CC(=O)Nc4ccc(F)c(Cl)c4)c(=O)c23)C1. The van der Waals surface area contributed by atoms with E-state index < -0.39 is 11.7 Å². The number of nitrogens with one attached hydrogen (secondary N) is 1. The van der Waals surface area contributed by atoms with Crippen LogP contribution in [0, 0.1) is 11.7 Å². The highest BCUT2D eigenvalue weighted by molar-refractivity contribution is 7.18. The van der Waals surface area contributed by atoms with Gasteiger partial charge >= 0.3 is 0 Å². The van der Waals surface area contributed by atoms with Crippen molar-refractivity contribution in [2.24, 2.45) is 5.92 Å². The van der Waals surface area contributed by atoms with Crippen molar-refractivity contribution < 1.29 is 9.18 Å². The van der Waals surface area contributed by atoms with Crippen LogP contribution in [-0.4, -0.2) is 20.9 Å². The van der Waals surface area contributed by atoms with Crippen molar-refractivity contribution >= 4 is 44.7 Å². The predicted molar refractivity (Wildman–Crippen MR) is 103 cm³/mol. The van der Waals surface area contributed by atoms with E-state index in [2.05, 4.69) is 22.6 Å². The molecule has 2 heterocycles. The molecule has 1 N–H and O–H groups in total. The predicted octanol–water partition coefficient (Wildman–Crippen LogP) is 3.41. The van der Waals surface area contributed by atoms with Crippen molar-refractivity contribution in [2.75, 3.05) is 5.32 Å². The average molecular weight is 407 g/mol. The Morgan fingerprint density at radius 3 is 3.07 bits per heavy atom. The molecule has 0 bridgehead atoms. The summed E-state index contributed by atoms with van der Waals surface area (Å²) in [6.45, 7) is 1.92. The summed E-state index contributed by atoms with van der Waals surface area (Å²) in [4.78, 5) is 26.9. The van der Waals surface area contributed by atoms with Gasteiger partial charge in [-0.05, 0) is 48.9 Å². The highest BCUT2D eigenvalue weighted by Crippen LogP contribution is 2.35. The molecule has 6 nitrogen and oxygen atoms in total. The van der Waals surface area contributed by atoms with Crippen LogP contribution in [0.1, 0.15) is 23.8 Å². The average Bonchev–Trinajstić information content (AvgIpc) is 2.98. The Morgan fingerprint density at radius 1 is 1.48 bits per heavy atom. The summed E-state index contributed by atoms with van der Waals surface area (Å²) in [6, 6.07) is 3.87. The number of thiophene rings is 1. The molecule has 0 unspecified atom stereocenters. The number of carbonyl (C=O) groups excluding carboxylic acids is 1. The van der Waals surface area contributed by atoms with Crippen LogP contribution in [-0.2, 0) is 24.2 Å². The molecule has 0 saturated heterocycles. The Balaban J connectivity index is 1.60. The van der Waals surface area contributed by atoms with Gasteiger partial charge in [-0.25, -0.2) is 9.07 Å². The van der Waals surface area contributed by atoms with Crippen LogP contribution in [0.2, 0.25) is 5.02 Å². The fourth-order valence-electron chi connectivity index (χ4n) is 3.31. The first kappa shape index (κ1) is 18.1. The number of amides is 1. The molecule has 1 atom stereocenters. The topological polar surface area (TPSA) is 76.9 Å². The molecule has 0 saturated carbocycles. The van der Waals surface area contributed by atoms with E-state index in [-0.39, 0.29) is 17.1 Å². The Kier molecular flexibility index (Phi) is 4.69. The van der Waals surface area contributed by atoms with Crippen LogP contribution in [0.5, 0.6) is 0 Å². The molecule has 0 aliphatic heterocycles. The van der Waals surface area contributed by atoms with Gasteiger partial charge in [0.2, 0.25) is 5.91 Å². The van der Waals surface area contributed by atoms with Crippen molar-refractivity contribution in [1.82, 2.24) is 15.0 Å². The molecule has 9 heteroatoms. The Bertz CT molecular complexity index is 1110. The van der Waals surface area contributed by atoms with E-state index in [4.69, 9.17) is 11.6 Å². The normalized spacial score (nSPS) is 16.3. The van der Waals surface area contributed by atoms with Gasteiger partial charge in [0.1, 0.15) is 12.4 Å². The zero-order valence-electron chi connectivity index (χ0n) is 14.5. The van der Waals surface area contributed by atoms with E-state index in [1.807, 2.05) is 0 Å². The quantitative estimate of drug-likeness (QED) is 0.723. The zero-order valence-corrected chi connectivity index (χ0v) is 16.0. The van der Waals surface area contributed by atoms with Gasteiger partial charge in [-0.3, -0.25) is 9.59 Å². The molecule has 0 spiro atoms. The summed E-state index contributed by atoms with van der Waals surface area (Å²) in [5.74, 6) is -0.445. The number of fused-ring (bicyclic) bond motifs is 3. The maximum absolute atomic E-state index is 13.2. The van der Waals surface area contributed by atoms with Gasteiger partial charge in [0, 0.05) is 10.6 Å². The molecule has 1 aliphatic carbocycles. The lowest BCUT2D eigenvalue weighted by atomic mass is 9.89. The minimum atomic E-state index is -0.571. The monoisotopic (exact) mass is 406 g/mol. The minimum Gasteiger partial charge on any atom is -0.324 e. The Labute approximate surface area is 163 Å². The number of rotatable bonds is 3. The third kappa shape index (κ3) is 3.46. The molecule has 2 aromatic heterocycles. The summed E-state index contributed by atoms with van der Waals surface area (Å²) in [5.41, 5.74) is 1.09. The third-order valence-corrected chi connectivity index (χ3v) is 6.11. The zero-order chi connectivity index (χ0) is 19.1. The number of nitrogens with zero attached hydrogens (tertiary/aromatic N) is 3. The van der Waals surface area contributed by atoms with Crippen LogP contribution in [0.15, 0.2) is 23.0 Å². The molecule has 0 radical (unpaired) electrons. The fraction of sp³-hybridized carbons (Fsp3) is 0.333. The van der Waals surface area contributed by atoms with Crippen LogP contribution in [0.3, 0.4) is 0 Å². The first-order valence-electron chi connectivity index (χ1n) is 8.55. The maximum Gasteiger partial charge on any atom is 0.279 e. The van der Waals surface area contributed by atoms with Crippen LogP contribution in [0.25, 0.3) is 10.2 Å². The van der Waals surface area contributed by atoms with Gasteiger partial charge in [-0.2, -0.15) is 0 Å². The summed E-state index contributed by atoms with van der Waals surface area (Å²) in [5, 5.41) is 11.1. The van der Waals surface area contributed by atoms with Gasteiger partial charge in [-0.15, -0.1) is 16.4 Å². The van der Waals surface area contributed by atoms with Crippen molar-refractivity contribution in [1.29, 1.82) is 0 Å². The van der Waals surface area contributed by atoms with Crippen LogP contribution in [0.4, 0.5) is 10.1 Å². The molecule has 140 valence electrons. The molecule has 3 aromatic rings. The number of aryl methyl sites for hydroxylation is 1. The summed E-state index contributed by atoms with van der Waals surface area (Å²) >= 11 is 7.22. The number of halogens is 2. The molecule has 1 aliphatic rings. The van der Waals surface area contributed by atoms with Crippen molar-refractivity contribution in [3.05, 3.63) is 49.8 Å². The number of anilines is 1. The van der Waals surface area contributed by atoms with Crippen LogP contribution >= 0.6 is 22.9 Å². The second-order valence-corrected chi connectivity index (χ2v) is 8.25. The molecular weight excluding hydrogens is 391 g/mol. The van der Waals surface area contributed by atoms with E-state index in [1.165, 1.54) is 28.3 Å². The molecular formula is C18H16ClFN4O2S. The number of hydrogen-bond donors (Lipinski definition) is 1. The first-order chi connectivity index (χ1) is 12.9. The fourth-order valence-corrected chi connectivity index (χ4v) is 4.80. The Hall–Kier alpha value is -2.32. The van der Waals surface area contributed by atoms with Crippen LogP contribution < -0.4 is 10.9 Å². The van der Waals surface area contributed by atoms with E-state index in [0.717, 1.165) is 35.6 Å². The lowest BCUT2D eigenvalue weighted by Gasteiger charge is -2.17. The number of aromatic nitrogens is 3. The van der Waals surface area contributed by atoms with Gasteiger partial charge in [0.05, 0.1) is 10.4 Å². The first-order valence-corrected chi connectivity index (χ1v) is 9.74. The summed E-state index contributed by atoms with van der Waals surface area (Å²) in [6.07, 6.45) is 2.83. The third-order valence-electron chi connectivity index (χ3n) is 4.68. The maximum atomic E-state index is 13.2. The highest BCUT2D eigenvalue weighted by Gasteiger charge is 2.24. The number of benzene rings is 1. The Morgan fingerprint density at radius 2 is 2.30 bits per heavy atom. The second kappa shape index (κ2) is 7.01. The molecule has 27 heavy (non-hydrogen) atoms. The lowest BCUT2D eigenvalue weighted by Crippen LogP contribution is -2.30. The van der Waals surface area contributed by atoms with Gasteiger partial charge in [-0.1, -0.05) is 23.7 Å². The van der Waals surface area contributed by atoms with E-state index in [1.54, 1.807) is 0 Å². The van der Waals surface area contributed by atoms with E-state index in [9.17, 15) is 14.0 Å². The highest BCUT2D eigenvalue weighted by atomic mass is 35.5. The van der Waals surface area contributed by atoms with Gasteiger partial charge in [0.25, 0.3) is 5.56 Å². The van der Waals surface area contributed by atoms with Gasteiger partial charge in [0.15, 0.2) is 4.83 Å². The van der Waals surface area contributed by atoms with Gasteiger partial charge < -0.3 is 5.32 Å². The lowest BCUT2D eigenvalue weighted by molar-refractivity contribution is -0.117. The molecule has 1 aromatic carbocycles. The molecule has 4 rings (SSSR count). The van der Waals surface area contributed by atoms with E-state index >= 15 is 0 Å². The summed E-state index contributed by atoms with van der Waals surface area (Å²) in [7, 11) is 0. The minimum absolute atomic E-state index is 0.0923. The van der Waals surface area contributed by atoms with Crippen molar-refractivity contribution in [3.8, 4) is 0 Å². The van der Waals surface area contributed by atoms with E-state index in [0.29, 0.717) is 21.8 Å². The smallest absolute Gasteiger partial charge is 0.279 e. The number of carbonyl (C=O) groups is 1. The summed E-state index contributed by atoms with van der Waals surface area (Å²) < 4.78 is 14.3. The van der Waals surface area contributed by atoms with Crippen molar-refractivity contribution in [3.63, 3.8) is 0 Å². The second-order valence-electron chi connectivity index (χ2n) is 6.76. The number of hydrogen-bond acceptors (Lipinski definition) is 5.